The lowest BCUT2D eigenvalue weighted by atomic mass is 9.96. The number of aromatic nitrogens is 1. The zero-order valence-electron chi connectivity index (χ0n) is 16.2. The number of para-hydroxylation sites is 1. The quantitative estimate of drug-likeness (QED) is 0.364. The number of nitrogens with zero attached hydrogens (tertiary/aromatic N) is 1. The molecule has 0 bridgehead atoms. The monoisotopic (exact) mass is 389 g/mol. The summed E-state index contributed by atoms with van der Waals surface area (Å²) < 4.78 is 0. The molecule has 0 saturated heterocycles. The van der Waals surface area contributed by atoms with Crippen molar-refractivity contribution in [3.63, 3.8) is 0 Å². The fraction of sp³-hybridized carbons (Fsp3) is 0.217. The van der Waals surface area contributed by atoms with Gasteiger partial charge in [-0.1, -0.05) is 36.4 Å². The number of fused-ring (bicyclic) bond motifs is 2. The van der Waals surface area contributed by atoms with Gasteiger partial charge in [0.15, 0.2) is 0 Å². The maximum Gasteiger partial charge on any atom is 0.267 e. The molecule has 6 nitrogen and oxygen atoms in total. The molecule has 4 rings (SSSR count). The van der Waals surface area contributed by atoms with Crippen LogP contribution >= 0.6 is 0 Å². The van der Waals surface area contributed by atoms with Crippen LogP contribution in [0.1, 0.15) is 27.9 Å². The summed E-state index contributed by atoms with van der Waals surface area (Å²) in [6.45, 7) is 3.29. The van der Waals surface area contributed by atoms with E-state index in [1.807, 2.05) is 48.2 Å². The summed E-state index contributed by atoms with van der Waals surface area (Å²) in [6, 6.07) is 14.0. The molecule has 2 heterocycles. The van der Waals surface area contributed by atoms with Crippen LogP contribution in [-0.2, 0) is 29.0 Å². The molecule has 0 spiro atoms. The highest BCUT2D eigenvalue weighted by atomic mass is 16.5. The molecule has 0 radical (unpaired) electrons. The number of hydrogen-bond acceptors (Lipinski definition) is 3. The van der Waals surface area contributed by atoms with Crippen LogP contribution in [-0.4, -0.2) is 33.5 Å². The standard InChI is InChI=1S/C23H23N3O3/c1-15-20(19-4-2-3-5-21(19)24-15)13-23(28)26-11-10-17-12-16(6-8-18(17)14-26)7-9-22(27)25-29/h2-9,12,24,29H,10-11,13-14H2,1H3,(H,25,27)/b9-7+. The minimum Gasteiger partial charge on any atom is -0.358 e. The highest BCUT2D eigenvalue weighted by Gasteiger charge is 2.22. The molecule has 0 fully saturated rings. The lowest BCUT2D eigenvalue weighted by Gasteiger charge is -2.29. The molecule has 6 heteroatoms. The lowest BCUT2D eigenvalue weighted by Crippen LogP contribution is -2.37. The first kappa shape index (κ1) is 19.0. The smallest absolute Gasteiger partial charge is 0.267 e. The number of carbonyl (C=O) groups excluding carboxylic acids is 2. The van der Waals surface area contributed by atoms with E-state index in [1.165, 1.54) is 11.6 Å². The van der Waals surface area contributed by atoms with Gasteiger partial charge in [0, 0.05) is 35.8 Å². The second-order valence-electron chi connectivity index (χ2n) is 7.35. The summed E-state index contributed by atoms with van der Waals surface area (Å²) in [7, 11) is 0. The van der Waals surface area contributed by atoms with Crippen molar-refractivity contribution in [2.24, 2.45) is 0 Å². The van der Waals surface area contributed by atoms with E-state index in [4.69, 9.17) is 5.21 Å². The Bertz CT molecular complexity index is 1110. The Morgan fingerprint density at radius 1 is 1.21 bits per heavy atom. The first-order chi connectivity index (χ1) is 14.0. The predicted octanol–water partition coefficient (Wildman–Crippen LogP) is 3.12. The zero-order valence-corrected chi connectivity index (χ0v) is 16.2. The molecule has 1 aliphatic heterocycles. The van der Waals surface area contributed by atoms with Crippen LogP contribution in [0.2, 0.25) is 0 Å². The average Bonchev–Trinajstić information content (AvgIpc) is 3.06. The van der Waals surface area contributed by atoms with Crippen LogP contribution in [0.4, 0.5) is 0 Å². The van der Waals surface area contributed by atoms with Gasteiger partial charge in [0.2, 0.25) is 5.91 Å². The number of nitrogens with one attached hydrogen (secondary N) is 2. The Hall–Kier alpha value is -3.38. The van der Waals surface area contributed by atoms with Gasteiger partial charge in [0.1, 0.15) is 0 Å². The van der Waals surface area contributed by atoms with Gasteiger partial charge in [-0.3, -0.25) is 14.8 Å². The predicted molar refractivity (Wildman–Crippen MR) is 111 cm³/mol. The van der Waals surface area contributed by atoms with Gasteiger partial charge in [-0.15, -0.1) is 0 Å². The average molecular weight is 389 g/mol. The van der Waals surface area contributed by atoms with Crippen molar-refractivity contribution in [2.45, 2.75) is 26.3 Å². The van der Waals surface area contributed by atoms with E-state index in [9.17, 15) is 9.59 Å². The second-order valence-corrected chi connectivity index (χ2v) is 7.35. The molecule has 3 N–H and O–H groups in total. The summed E-state index contributed by atoms with van der Waals surface area (Å²) in [5.74, 6) is -0.431. The number of hydrogen-bond donors (Lipinski definition) is 3. The third kappa shape index (κ3) is 3.93. The van der Waals surface area contributed by atoms with Crippen molar-refractivity contribution in [3.8, 4) is 0 Å². The molecule has 0 atom stereocenters. The van der Waals surface area contributed by atoms with Crippen LogP contribution in [0.25, 0.3) is 17.0 Å². The third-order valence-corrected chi connectivity index (χ3v) is 5.49. The van der Waals surface area contributed by atoms with E-state index in [0.717, 1.165) is 39.7 Å². The van der Waals surface area contributed by atoms with Gasteiger partial charge in [0.05, 0.1) is 6.42 Å². The Morgan fingerprint density at radius 2 is 2.03 bits per heavy atom. The molecule has 148 valence electrons. The number of carbonyl (C=O) groups is 2. The molecule has 0 aliphatic carbocycles. The summed E-state index contributed by atoms with van der Waals surface area (Å²) in [5.41, 5.74) is 7.95. The first-order valence-corrected chi connectivity index (χ1v) is 9.63. The number of H-pyrrole nitrogens is 1. The highest BCUT2D eigenvalue weighted by molar-refractivity contribution is 5.91. The van der Waals surface area contributed by atoms with Crippen LogP contribution < -0.4 is 5.48 Å². The van der Waals surface area contributed by atoms with Crippen molar-refractivity contribution < 1.29 is 14.8 Å². The minimum atomic E-state index is -0.563. The number of hydroxylamine groups is 1. The lowest BCUT2D eigenvalue weighted by molar-refractivity contribution is -0.131. The number of rotatable bonds is 4. The normalized spacial score (nSPS) is 13.7. The number of aryl methyl sites for hydroxylation is 1. The Kier molecular flexibility index (Phi) is 5.18. The summed E-state index contributed by atoms with van der Waals surface area (Å²) in [5, 5.41) is 9.67. The molecule has 2 aromatic carbocycles. The Morgan fingerprint density at radius 3 is 2.86 bits per heavy atom. The fourth-order valence-corrected chi connectivity index (χ4v) is 3.92. The number of benzene rings is 2. The summed E-state index contributed by atoms with van der Waals surface area (Å²) >= 11 is 0. The third-order valence-electron chi connectivity index (χ3n) is 5.49. The Labute approximate surface area is 168 Å². The van der Waals surface area contributed by atoms with Crippen molar-refractivity contribution in [1.29, 1.82) is 0 Å². The molecule has 2 amide bonds. The van der Waals surface area contributed by atoms with Gasteiger partial charge < -0.3 is 9.88 Å². The maximum atomic E-state index is 13.0. The van der Waals surface area contributed by atoms with E-state index in [2.05, 4.69) is 11.1 Å². The van der Waals surface area contributed by atoms with Gasteiger partial charge in [-0.2, -0.15) is 0 Å². The van der Waals surface area contributed by atoms with E-state index in [-0.39, 0.29) is 5.91 Å². The maximum absolute atomic E-state index is 13.0. The minimum absolute atomic E-state index is 0.132. The van der Waals surface area contributed by atoms with Crippen LogP contribution in [0.15, 0.2) is 48.5 Å². The van der Waals surface area contributed by atoms with Gasteiger partial charge in [-0.05, 0) is 47.7 Å². The van der Waals surface area contributed by atoms with Gasteiger partial charge in [0.25, 0.3) is 5.91 Å². The van der Waals surface area contributed by atoms with Crippen LogP contribution in [0, 0.1) is 6.92 Å². The van der Waals surface area contributed by atoms with E-state index < -0.39 is 5.91 Å². The van der Waals surface area contributed by atoms with Crippen molar-refractivity contribution >= 4 is 28.8 Å². The molecule has 0 saturated carbocycles. The van der Waals surface area contributed by atoms with Gasteiger partial charge >= 0.3 is 0 Å². The summed E-state index contributed by atoms with van der Waals surface area (Å²) in [4.78, 5) is 29.4. The summed E-state index contributed by atoms with van der Waals surface area (Å²) in [6.07, 6.45) is 4.11. The fourth-order valence-electron chi connectivity index (χ4n) is 3.92. The molecule has 3 aromatic rings. The molecule has 1 aromatic heterocycles. The zero-order chi connectivity index (χ0) is 20.4. The van der Waals surface area contributed by atoms with Crippen LogP contribution in [0.5, 0.6) is 0 Å². The molecule has 0 unspecified atom stereocenters. The van der Waals surface area contributed by atoms with Crippen LogP contribution in [0.3, 0.4) is 0 Å². The van der Waals surface area contributed by atoms with E-state index >= 15 is 0 Å². The van der Waals surface area contributed by atoms with E-state index in [0.29, 0.717) is 19.5 Å². The molecule has 29 heavy (non-hydrogen) atoms. The molecular formula is C23H23N3O3. The largest absolute Gasteiger partial charge is 0.358 e. The molecule has 1 aliphatic rings. The Balaban J connectivity index is 1.48. The second kappa shape index (κ2) is 7.93. The van der Waals surface area contributed by atoms with Crippen molar-refractivity contribution in [2.75, 3.05) is 6.54 Å². The van der Waals surface area contributed by atoms with Gasteiger partial charge in [-0.25, -0.2) is 5.48 Å². The van der Waals surface area contributed by atoms with Crippen molar-refractivity contribution in [1.82, 2.24) is 15.4 Å². The highest BCUT2D eigenvalue weighted by Crippen LogP contribution is 2.25. The number of amides is 2. The number of aromatic amines is 1. The molecular weight excluding hydrogens is 366 g/mol. The van der Waals surface area contributed by atoms with E-state index in [1.54, 1.807) is 11.6 Å². The topological polar surface area (TPSA) is 85.4 Å². The first-order valence-electron chi connectivity index (χ1n) is 9.63. The van der Waals surface area contributed by atoms with Crippen molar-refractivity contribution in [3.05, 3.63) is 76.5 Å². The SMILES string of the molecule is Cc1[nH]c2ccccc2c1CC(=O)N1CCc2cc(/C=C/C(=O)NO)ccc2C1.